The highest BCUT2D eigenvalue weighted by molar-refractivity contribution is 7.10. The third kappa shape index (κ3) is 1.10. The van der Waals surface area contributed by atoms with E-state index in [1.54, 1.807) is 11.3 Å². The van der Waals surface area contributed by atoms with Crippen LogP contribution >= 0.6 is 11.3 Å². The molecule has 1 rings (SSSR count). The van der Waals surface area contributed by atoms with Gasteiger partial charge in [0.05, 0.1) is 0 Å². The van der Waals surface area contributed by atoms with Gasteiger partial charge >= 0.3 is 0 Å². The zero-order chi connectivity index (χ0) is 5.98. The largest absolute Gasteiger partial charge is 0.149 e. The molecule has 0 saturated heterocycles. The quantitative estimate of drug-likeness (QED) is 0.540. The average molecular weight is 125 g/mol. The van der Waals surface area contributed by atoms with Crippen LogP contribution in [0.15, 0.2) is 11.4 Å². The molecule has 0 bridgehead atoms. The third-order valence-electron chi connectivity index (χ3n) is 1.07. The van der Waals surface area contributed by atoms with E-state index in [4.69, 9.17) is 0 Å². The summed E-state index contributed by atoms with van der Waals surface area (Å²) in [6.45, 7) is 5.89. The lowest BCUT2D eigenvalue weighted by molar-refractivity contribution is 1.29. The highest BCUT2D eigenvalue weighted by atomic mass is 32.1. The van der Waals surface area contributed by atoms with Gasteiger partial charge in [0.1, 0.15) is 0 Å². The first-order valence-corrected chi connectivity index (χ1v) is 3.54. The lowest BCUT2D eigenvalue weighted by atomic mass is 10.2. The van der Waals surface area contributed by atoms with E-state index < -0.39 is 0 Å². The summed E-state index contributed by atoms with van der Waals surface area (Å²) >= 11 is 1.79. The third-order valence-corrected chi connectivity index (χ3v) is 1.98. The number of hydrogen-bond acceptors (Lipinski definition) is 1. The average Bonchev–Trinajstić information content (AvgIpc) is 2.14. The molecule has 43 valence electrons. The molecule has 1 heterocycles. The lowest BCUT2D eigenvalue weighted by Crippen LogP contribution is -1.68. The summed E-state index contributed by atoms with van der Waals surface area (Å²) in [5.74, 6) is 0. The van der Waals surface area contributed by atoms with Crippen molar-refractivity contribution in [3.05, 3.63) is 28.8 Å². The van der Waals surface area contributed by atoms with Gasteiger partial charge in [0.15, 0.2) is 0 Å². The molecule has 0 aliphatic carbocycles. The van der Waals surface area contributed by atoms with Crippen molar-refractivity contribution in [3.63, 3.8) is 0 Å². The number of hydrogen-bond donors (Lipinski definition) is 0. The van der Waals surface area contributed by atoms with Crippen molar-refractivity contribution in [2.24, 2.45) is 0 Å². The van der Waals surface area contributed by atoms with Crippen molar-refractivity contribution < 1.29 is 0 Å². The van der Waals surface area contributed by atoms with Gasteiger partial charge in [-0.1, -0.05) is 0 Å². The standard InChI is InChI=1S/C7H9S/c1-3-7-4-6(2)8-5-7/h4-5H,1,3H2,2H3. The van der Waals surface area contributed by atoms with E-state index in [0.717, 1.165) is 6.42 Å². The van der Waals surface area contributed by atoms with E-state index in [1.807, 2.05) is 0 Å². The molecule has 0 aliphatic rings. The number of aryl methyl sites for hydroxylation is 1. The molecule has 0 N–H and O–H groups in total. The van der Waals surface area contributed by atoms with Crippen LogP contribution in [0.3, 0.4) is 0 Å². The predicted octanol–water partition coefficient (Wildman–Crippen LogP) is 2.43. The summed E-state index contributed by atoms with van der Waals surface area (Å²) in [4.78, 5) is 1.38. The van der Waals surface area contributed by atoms with E-state index >= 15 is 0 Å². The van der Waals surface area contributed by atoms with E-state index in [2.05, 4.69) is 25.3 Å². The Kier molecular flexibility index (Phi) is 1.69. The number of thiophene rings is 1. The minimum atomic E-state index is 0.921. The van der Waals surface area contributed by atoms with Gasteiger partial charge in [-0.05, 0) is 37.3 Å². The first-order valence-electron chi connectivity index (χ1n) is 2.66. The van der Waals surface area contributed by atoms with Crippen LogP contribution < -0.4 is 0 Å². The van der Waals surface area contributed by atoms with E-state index in [-0.39, 0.29) is 0 Å². The second kappa shape index (κ2) is 2.31. The fraction of sp³-hybridized carbons (Fsp3) is 0.286. The minimum Gasteiger partial charge on any atom is -0.149 e. The monoisotopic (exact) mass is 125 g/mol. The predicted molar refractivity (Wildman–Crippen MR) is 38.1 cm³/mol. The van der Waals surface area contributed by atoms with Crippen LogP contribution in [0.25, 0.3) is 0 Å². The summed E-state index contributed by atoms with van der Waals surface area (Å²) in [5, 5.41) is 2.16. The highest BCUT2D eigenvalue weighted by Gasteiger charge is 1.89. The zero-order valence-corrected chi connectivity index (χ0v) is 5.79. The van der Waals surface area contributed by atoms with Gasteiger partial charge in [-0.15, -0.1) is 11.3 Å². The van der Waals surface area contributed by atoms with E-state index in [9.17, 15) is 0 Å². The highest BCUT2D eigenvalue weighted by Crippen LogP contribution is 2.12. The van der Waals surface area contributed by atoms with Gasteiger partial charge in [-0.2, -0.15) is 0 Å². The SMILES string of the molecule is [CH2]Cc1csc(C)c1. The van der Waals surface area contributed by atoms with Crippen molar-refractivity contribution in [1.29, 1.82) is 0 Å². The van der Waals surface area contributed by atoms with Crippen LogP contribution in [0.1, 0.15) is 10.4 Å². The second-order valence-electron chi connectivity index (χ2n) is 1.82. The molecule has 0 unspecified atom stereocenters. The molecule has 0 saturated carbocycles. The van der Waals surface area contributed by atoms with Crippen molar-refractivity contribution >= 4 is 11.3 Å². The Bertz CT molecular complexity index is 165. The summed E-state index contributed by atoms with van der Waals surface area (Å²) in [6.07, 6.45) is 0.921. The Labute approximate surface area is 54.2 Å². The summed E-state index contributed by atoms with van der Waals surface area (Å²) in [5.41, 5.74) is 1.35. The van der Waals surface area contributed by atoms with Crippen molar-refractivity contribution in [2.75, 3.05) is 0 Å². The van der Waals surface area contributed by atoms with Gasteiger partial charge < -0.3 is 0 Å². The summed E-state index contributed by atoms with van der Waals surface area (Å²) < 4.78 is 0. The summed E-state index contributed by atoms with van der Waals surface area (Å²) in [7, 11) is 0. The van der Waals surface area contributed by atoms with Crippen LogP contribution in [-0.2, 0) is 6.42 Å². The fourth-order valence-electron chi connectivity index (χ4n) is 0.629. The van der Waals surface area contributed by atoms with Crippen LogP contribution in [0.4, 0.5) is 0 Å². The van der Waals surface area contributed by atoms with Crippen molar-refractivity contribution in [3.8, 4) is 0 Å². The van der Waals surface area contributed by atoms with Gasteiger partial charge in [-0.3, -0.25) is 0 Å². The molecule has 0 nitrogen and oxygen atoms in total. The molecule has 1 heteroatoms. The van der Waals surface area contributed by atoms with Crippen LogP contribution in [0.5, 0.6) is 0 Å². The van der Waals surface area contributed by atoms with E-state index in [1.165, 1.54) is 10.4 Å². The molecule has 1 aromatic heterocycles. The fourth-order valence-corrected chi connectivity index (χ4v) is 1.37. The van der Waals surface area contributed by atoms with Gasteiger partial charge in [0.2, 0.25) is 0 Å². The van der Waals surface area contributed by atoms with Crippen LogP contribution in [0, 0.1) is 13.8 Å². The topological polar surface area (TPSA) is 0 Å². The Balaban J connectivity index is 2.84. The first kappa shape index (κ1) is 5.83. The Hall–Kier alpha value is -0.300. The minimum absolute atomic E-state index is 0.921. The molecule has 0 atom stereocenters. The maximum absolute atomic E-state index is 3.78. The molecule has 0 fully saturated rings. The Morgan fingerprint density at radius 2 is 2.50 bits per heavy atom. The maximum atomic E-state index is 3.78. The first-order chi connectivity index (χ1) is 3.83. The van der Waals surface area contributed by atoms with Gasteiger partial charge in [-0.25, -0.2) is 0 Å². The molecule has 8 heavy (non-hydrogen) atoms. The van der Waals surface area contributed by atoms with Crippen LogP contribution in [0.2, 0.25) is 0 Å². The Morgan fingerprint density at radius 3 is 2.75 bits per heavy atom. The Morgan fingerprint density at radius 1 is 1.75 bits per heavy atom. The molecular weight excluding hydrogens is 116 g/mol. The van der Waals surface area contributed by atoms with Gasteiger partial charge in [0, 0.05) is 4.88 Å². The zero-order valence-electron chi connectivity index (χ0n) is 4.98. The van der Waals surface area contributed by atoms with Crippen LogP contribution in [-0.4, -0.2) is 0 Å². The molecule has 1 radical (unpaired) electrons. The number of rotatable bonds is 1. The molecule has 1 aromatic rings. The molecular formula is C7H9S. The second-order valence-corrected chi connectivity index (χ2v) is 2.93. The van der Waals surface area contributed by atoms with Gasteiger partial charge in [0.25, 0.3) is 0 Å². The molecule has 0 aliphatic heterocycles. The molecule has 0 amide bonds. The normalized spacial score (nSPS) is 9.75. The smallest absolute Gasteiger partial charge is 0.00170 e. The van der Waals surface area contributed by atoms with Crippen molar-refractivity contribution in [2.45, 2.75) is 13.3 Å². The van der Waals surface area contributed by atoms with E-state index in [0.29, 0.717) is 0 Å². The maximum Gasteiger partial charge on any atom is 0.00170 e. The lowest BCUT2D eigenvalue weighted by Gasteiger charge is -1.80. The molecule has 0 spiro atoms. The summed E-state index contributed by atoms with van der Waals surface area (Å²) in [6, 6.07) is 2.18. The molecule has 0 aromatic carbocycles. The van der Waals surface area contributed by atoms with Crippen molar-refractivity contribution in [1.82, 2.24) is 0 Å².